The molecule has 0 aromatic carbocycles. The molecule has 2 rings (SSSR count). The molecule has 5 heteroatoms. The lowest BCUT2D eigenvalue weighted by Gasteiger charge is -2.12. The van der Waals surface area contributed by atoms with Crippen molar-refractivity contribution >= 4 is 17.4 Å². The summed E-state index contributed by atoms with van der Waals surface area (Å²) in [6.45, 7) is 0.844. The third-order valence-corrected chi connectivity index (χ3v) is 3.53. The van der Waals surface area contributed by atoms with Crippen molar-refractivity contribution in [2.24, 2.45) is 11.7 Å². The minimum absolute atomic E-state index is 0.310. The third kappa shape index (κ3) is 3.12. The first-order valence-corrected chi connectivity index (χ1v) is 6.46. The molecule has 5 N–H and O–H groups in total. The highest BCUT2D eigenvalue weighted by Gasteiger charge is 2.15. The van der Waals surface area contributed by atoms with E-state index < -0.39 is 5.91 Å². The standard InChI is InChI=1S/C13H20N4O/c14-12-7-10(13(15)18)11(8-17-12)16-6-5-9-3-1-2-4-9/h7-9,16H,1-6H2,(H2,14,17)(H2,15,18). The Hall–Kier alpha value is -1.78. The predicted molar refractivity (Wildman–Crippen MR) is 72.2 cm³/mol. The average Bonchev–Trinajstić information content (AvgIpc) is 2.84. The fourth-order valence-corrected chi connectivity index (χ4v) is 2.53. The molecule has 0 spiro atoms. The number of carbonyl (C=O) groups is 1. The summed E-state index contributed by atoms with van der Waals surface area (Å²) in [5, 5.41) is 3.23. The normalized spacial score (nSPS) is 15.8. The van der Waals surface area contributed by atoms with E-state index in [9.17, 15) is 4.79 Å². The van der Waals surface area contributed by atoms with Crippen LogP contribution in [-0.2, 0) is 0 Å². The average molecular weight is 248 g/mol. The van der Waals surface area contributed by atoms with E-state index in [1.54, 1.807) is 6.20 Å². The fraction of sp³-hybridized carbons (Fsp3) is 0.538. The fourth-order valence-electron chi connectivity index (χ4n) is 2.53. The Kier molecular flexibility index (Phi) is 4.02. The van der Waals surface area contributed by atoms with E-state index in [-0.39, 0.29) is 0 Å². The van der Waals surface area contributed by atoms with Crippen LogP contribution in [0.25, 0.3) is 0 Å². The molecule has 98 valence electrons. The van der Waals surface area contributed by atoms with Crippen molar-refractivity contribution in [1.82, 2.24) is 4.98 Å². The zero-order valence-electron chi connectivity index (χ0n) is 10.5. The Bertz CT molecular complexity index is 427. The van der Waals surface area contributed by atoms with E-state index in [2.05, 4.69) is 10.3 Å². The number of pyridine rings is 1. The van der Waals surface area contributed by atoms with E-state index in [0.29, 0.717) is 17.1 Å². The first kappa shape index (κ1) is 12.7. The van der Waals surface area contributed by atoms with E-state index in [1.165, 1.54) is 31.7 Å². The van der Waals surface area contributed by atoms with Crippen molar-refractivity contribution in [1.29, 1.82) is 0 Å². The Balaban J connectivity index is 1.93. The Morgan fingerprint density at radius 3 is 2.83 bits per heavy atom. The summed E-state index contributed by atoms with van der Waals surface area (Å²) in [5.74, 6) is 0.647. The number of hydrogen-bond acceptors (Lipinski definition) is 4. The highest BCUT2D eigenvalue weighted by atomic mass is 16.1. The molecule has 1 aliphatic rings. The molecule has 0 radical (unpaired) electrons. The van der Waals surface area contributed by atoms with Crippen molar-refractivity contribution < 1.29 is 4.79 Å². The van der Waals surface area contributed by atoms with E-state index in [0.717, 1.165) is 18.9 Å². The Morgan fingerprint density at radius 1 is 1.44 bits per heavy atom. The molecule has 0 atom stereocenters. The van der Waals surface area contributed by atoms with Gasteiger partial charge >= 0.3 is 0 Å². The molecule has 5 nitrogen and oxygen atoms in total. The van der Waals surface area contributed by atoms with Gasteiger partial charge in [0.15, 0.2) is 0 Å². The number of nitrogens with two attached hydrogens (primary N) is 2. The van der Waals surface area contributed by atoms with Gasteiger partial charge in [-0.2, -0.15) is 0 Å². The van der Waals surface area contributed by atoms with Gasteiger partial charge in [-0.05, 0) is 18.4 Å². The smallest absolute Gasteiger partial charge is 0.250 e. The molecule has 0 bridgehead atoms. The van der Waals surface area contributed by atoms with Crippen LogP contribution in [0.2, 0.25) is 0 Å². The molecule has 18 heavy (non-hydrogen) atoms. The zero-order valence-corrected chi connectivity index (χ0v) is 10.5. The van der Waals surface area contributed by atoms with Crippen LogP contribution in [0.1, 0.15) is 42.5 Å². The maximum Gasteiger partial charge on any atom is 0.250 e. The minimum Gasteiger partial charge on any atom is -0.384 e. The van der Waals surface area contributed by atoms with Crippen molar-refractivity contribution in [3.63, 3.8) is 0 Å². The second-order valence-corrected chi connectivity index (χ2v) is 4.88. The summed E-state index contributed by atoms with van der Waals surface area (Å²) >= 11 is 0. The molecule has 1 aliphatic carbocycles. The number of amides is 1. The van der Waals surface area contributed by atoms with Gasteiger partial charge in [-0.1, -0.05) is 25.7 Å². The number of rotatable bonds is 5. The molecule has 1 fully saturated rings. The van der Waals surface area contributed by atoms with Crippen LogP contribution in [0.5, 0.6) is 0 Å². The van der Waals surface area contributed by atoms with Gasteiger partial charge in [-0.15, -0.1) is 0 Å². The molecule has 0 saturated heterocycles. The van der Waals surface area contributed by atoms with Crippen LogP contribution in [-0.4, -0.2) is 17.4 Å². The Morgan fingerprint density at radius 2 is 2.17 bits per heavy atom. The van der Waals surface area contributed by atoms with E-state index >= 15 is 0 Å². The number of hydrogen-bond donors (Lipinski definition) is 3. The Labute approximate surface area is 107 Å². The van der Waals surface area contributed by atoms with Crippen LogP contribution in [0.3, 0.4) is 0 Å². The molecule has 1 heterocycles. The number of aromatic nitrogens is 1. The summed E-state index contributed by atoms with van der Waals surface area (Å²) < 4.78 is 0. The first-order chi connectivity index (χ1) is 8.66. The molecular weight excluding hydrogens is 228 g/mol. The van der Waals surface area contributed by atoms with E-state index in [1.807, 2.05) is 0 Å². The molecule has 1 saturated carbocycles. The van der Waals surface area contributed by atoms with Gasteiger partial charge in [0.2, 0.25) is 0 Å². The number of anilines is 2. The highest BCUT2D eigenvalue weighted by molar-refractivity contribution is 5.98. The second-order valence-electron chi connectivity index (χ2n) is 4.88. The predicted octanol–water partition coefficient (Wildman–Crippen LogP) is 1.75. The second kappa shape index (κ2) is 5.71. The van der Waals surface area contributed by atoms with Gasteiger partial charge in [-0.25, -0.2) is 4.98 Å². The third-order valence-electron chi connectivity index (χ3n) is 3.53. The van der Waals surface area contributed by atoms with Crippen LogP contribution >= 0.6 is 0 Å². The minimum atomic E-state index is -0.479. The molecule has 1 aromatic heterocycles. The molecule has 0 aliphatic heterocycles. The molecule has 0 unspecified atom stereocenters. The number of nitrogens with one attached hydrogen (secondary N) is 1. The molecular formula is C13H20N4O. The number of nitrogens with zero attached hydrogens (tertiary/aromatic N) is 1. The lowest BCUT2D eigenvalue weighted by molar-refractivity contribution is 0.100. The van der Waals surface area contributed by atoms with Crippen LogP contribution < -0.4 is 16.8 Å². The van der Waals surface area contributed by atoms with Gasteiger partial charge in [0.05, 0.1) is 17.4 Å². The van der Waals surface area contributed by atoms with Crippen molar-refractivity contribution in [3.05, 3.63) is 17.8 Å². The van der Waals surface area contributed by atoms with Crippen LogP contribution in [0.4, 0.5) is 11.5 Å². The van der Waals surface area contributed by atoms with Crippen LogP contribution in [0.15, 0.2) is 12.3 Å². The van der Waals surface area contributed by atoms with Crippen molar-refractivity contribution in [2.45, 2.75) is 32.1 Å². The highest BCUT2D eigenvalue weighted by Crippen LogP contribution is 2.27. The van der Waals surface area contributed by atoms with Gasteiger partial charge in [0, 0.05) is 6.54 Å². The lowest BCUT2D eigenvalue weighted by atomic mass is 10.0. The van der Waals surface area contributed by atoms with Gasteiger partial charge in [0.25, 0.3) is 5.91 Å². The zero-order chi connectivity index (χ0) is 13.0. The van der Waals surface area contributed by atoms with Gasteiger partial charge in [0.1, 0.15) is 5.82 Å². The first-order valence-electron chi connectivity index (χ1n) is 6.46. The van der Waals surface area contributed by atoms with Gasteiger partial charge in [-0.3, -0.25) is 4.79 Å². The summed E-state index contributed by atoms with van der Waals surface area (Å²) in [6, 6.07) is 1.51. The summed E-state index contributed by atoms with van der Waals surface area (Å²) in [5.41, 5.74) is 11.9. The van der Waals surface area contributed by atoms with Crippen LogP contribution in [0, 0.1) is 5.92 Å². The quantitative estimate of drug-likeness (QED) is 0.740. The number of carbonyl (C=O) groups excluding carboxylic acids is 1. The van der Waals surface area contributed by atoms with Crippen molar-refractivity contribution in [2.75, 3.05) is 17.6 Å². The van der Waals surface area contributed by atoms with Crippen molar-refractivity contribution in [3.8, 4) is 0 Å². The monoisotopic (exact) mass is 248 g/mol. The van der Waals surface area contributed by atoms with Gasteiger partial charge < -0.3 is 16.8 Å². The molecule has 1 aromatic rings. The molecule has 1 amide bonds. The maximum atomic E-state index is 11.3. The summed E-state index contributed by atoms with van der Waals surface area (Å²) in [6.07, 6.45) is 8.04. The summed E-state index contributed by atoms with van der Waals surface area (Å²) in [7, 11) is 0. The van der Waals surface area contributed by atoms with E-state index in [4.69, 9.17) is 11.5 Å². The topological polar surface area (TPSA) is 94.0 Å². The lowest BCUT2D eigenvalue weighted by Crippen LogP contribution is -2.16. The largest absolute Gasteiger partial charge is 0.384 e. The maximum absolute atomic E-state index is 11.3. The summed E-state index contributed by atoms with van der Waals surface area (Å²) in [4.78, 5) is 15.3. The number of primary amides is 1. The SMILES string of the molecule is NC(=O)c1cc(N)ncc1NCCC1CCCC1. The number of nitrogen functional groups attached to an aromatic ring is 1.